The quantitative estimate of drug-likeness (QED) is 0.386. The van der Waals surface area contributed by atoms with Crippen LogP contribution in [0.4, 0.5) is 0 Å². The third-order valence-corrected chi connectivity index (χ3v) is 3.15. The van der Waals surface area contributed by atoms with Gasteiger partial charge in [0.05, 0.1) is 12.0 Å². The van der Waals surface area contributed by atoms with E-state index in [1.807, 2.05) is 0 Å². The van der Waals surface area contributed by atoms with Gasteiger partial charge >= 0.3 is 0 Å². The number of unbranched alkanes of at least 4 members (excludes halogenated alkanes) is 7. The number of hydrogen-bond acceptors (Lipinski definition) is 1. The zero-order chi connectivity index (χ0) is 11.4. The standard InChI is InChI=1S/C13H24ClN/c1-2-3-4-5-6-7-8-9-10-13(11-14)12-15/h13H,2-11H2,1H3. The van der Waals surface area contributed by atoms with Gasteiger partial charge in [0.2, 0.25) is 0 Å². The van der Waals surface area contributed by atoms with Gasteiger partial charge in [0.1, 0.15) is 0 Å². The highest BCUT2D eigenvalue weighted by Gasteiger charge is 2.03. The Morgan fingerprint density at radius 2 is 1.53 bits per heavy atom. The molecule has 88 valence electrons. The molecule has 2 heteroatoms. The second kappa shape index (κ2) is 11.9. The van der Waals surface area contributed by atoms with Crippen molar-refractivity contribution in [1.29, 1.82) is 5.26 Å². The van der Waals surface area contributed by atoms with Crippen LogP contribution in [0.5, 0.6) is 0 Å². The van der Waals surface area contributed by atoms with Crippen molar-refractivity contribution in [3.8, 4) is 6.07 Å². The highest BCUT2D eigenvalue weighted by molar-refractivity contribution is 6.18. The smallest absolute Gasteiger partial charge is 0.0668 e. The lowest BCUT2D eigenvalue weighted by Gasteiger charge is -2.04. The van der Waals surface area contributed by atoms with E-state index in [2.05, 4.69) is 13.0 Å². The van der Waals surface area contributed by atoms with Gasteiger partial charge in [-0.15, -0.1) is 11.6 Å². The number of hydrogen-bond donors (Lipinski definition) is 0. The predicted molar refractivity (Wildman–Crippen MR) is 67.1 cm³/mol. The highest BCUT2D eigenvalue weighted by Crippen LogP contribution is 2.13. The fraction of sp³-hybridized carbons (Fsp3) is 0.923. The molecule has 0 aliphatic rings. The topological polar surface area (TPSA) is 23.8 Å². The minimum Gasteiger partial charge on any atom is -0.198 e. The molecule has 0 radical (unpaired) electrons. The van der Waals surface area contributed by atoms with E-state index >= 15 is 0 Å². The second-order valence-electron chi connectivity index (χ2n) is 4.24. The normalized spacial score (nSPS) is 12.3. The van der Waals surface area contributed by atoms with Crippen LogP contribution < -0.4 is 0 Å². The fourth-order valence-corrected chi connectivity index (χ4v) is 1.92. The van der Waals surface area contributed by atoms with Gasteiger partial charge in [-0.2, -0.15) is 5.26 Å². The highest BCUT2D eigenvalue weighted by atomic mass is 35.5. The molecule has 1 nitrogen and oxygen atoms in total. The summed E-state index contributed by atoms with van der Waals surface area (Å²) in [6.07, 6.45) is 11.6. The third kappa shape index (κ3) is 10.1. The summed E-state index contributed by atoms with van der Waals surface area (Å²) in [5, 5.41) is 8.69. The molecule has 0 saturated heterocycles. The number of nitrogens with zero attached hydrogens (tertiary/aromatic N) is 1. The van der Waals surface area contributed by atoms with Gasteiger partial charge in [-0.3, -0.25) is 0 Å². The van der Waals surface area contributed by atoms with E-state index in [0.717, 1.165) is 6.42 Å². The maximum Gasteiger partial charge on any atom is 0.0668 e. The Labute approximate surface area is 99.8 Å². The van der Waals surface area contributed by atoms with Crippen molar-refractivity contribution in [2.75, 3.05) is 5.88 Å². The SMILES string of the molecule is CCCCCCCCCCC(C#N)CCl. The molecule has 0 amide bonds. The number of alkyl halides is 1. The van der Waals surface area contributed by atoms with Crippen LogP contribution in [0.2, 0.25) is 0 Å². The van der Waals surface area contributed by atoms with Gasteiger partial charge in [-0.1, -0.05) is 58.3 Å². The van der Waals surface area contributed by atoms with Crippen LogP contribution in [-0.2, 0) is 0 Å². The molecule has 0 spiro atoms. The van der Waals surface area contributed by atoms with Crippen LogP contribution in [0.1, 0.15) is 64.7 Å². The molecule has 0 N–H and O–H groups in total. The van der Waals surface area contributed by atoms with E-state index in [1.165, 1.54) is 51.4 Å². The largest absolute Gasteiger partial charge is 0.198 e. The summed E-state index contributed by atoms with van der Waals surface area (Å²) in [6, 6.07) is 2.24. The zero-order valence-corrected chi connectivity index (χ0v) is 10.7. The molecule has 0 heterocycles. The van der Waals surface area contributed by atoms with E-state index in [0.29, 0.717) is 5.88 Å². The summed E-state index contributed by atoms with van der Waals surface area (Å²) < 4.78 is 0. The molecule has 0 fully saturated rings. The molecule has 1 unspecified atom stereocenters. The summed E-state index contributed by atoms with van der Waals surface area (Å²) in [4.78, 5) is 0. The zero-order valence-electron chi connectivity index (χ0n) is 9.97. The molecule has 1 atom stereocenters. The van der Waals surface area contributed by atoms with E-state index in [-0.39, 0.29) is 5.92 Å². The van der Waals surface area contributed by atoms with Crippen LogP contribution >= 0.6 is 11.6 Å². The lowest BCUT2D eigenvalue weighted by molar-refractivity contribution is 0.538. The average molecular weight is 230 g/mol. The van der Waals surface area contributed by atoms with Gasteiger partial charge in [0.15, 0.2) is 0 Å². The Balaban J connectivity index is 3.08. The molecule has 15 heavy (non-hydrogen) atoms. The van der Waals surface area contributed by atoms with E-state index in [4.69, 9.17) is 16.9 Å². The van der Waals surface area contributed by atoms with Crippen molar-refractivity contribution in [2.24, 2.45) is 5.92 Å². The Morgan fingerprint density at radius 3 is 2.00 bits per heavy atom. The molecular weight excluding hydrogens is 206 g/mol. The second-order valence-corrected chi connectivity index (χ2v) is 4.55. The summed E-state index contributed by atoms with van der Waals surface area (Å²) in [5.41, 5.74) is 0. The molecule has 0 bridgehead atoms. The Kier molecular flexibility index (Phi) is 11.7. The molecule has 0 aliphatic carbocycles. The van der Waals surface area contributed by atoms with Crippen LogP contribution in [0, 0.1) is 17.2 Å². The maximum atomic E-state index is 8.69. The fourth-order valence-electron chi connectivity index (χ4n) is 1.70. The van der Waals surface area contributed by atoms with Crippen molar-refractivity contribution in [3.05, 3.63) is 0 Å². The average Bonchev–Trinajstić information content (AvgIpc) is 2.27. The summed E-state index contributed by atoms with van der Waals surface area (Å²) in [5.74, 6) is 0.569. The van der Waals surface area contributed by atoms with E-state index in [9.17, 15) is 0 Å². The number of halogens is 1. The van der Waals surface area contributed by atoms with Crippen molar-refractivity contribution < 1.29 is 0 Å². The van der Waals surface area contributed by atoms with Gasteiger partial charge in [-0.25, -0.2) is 0 Å². The Morgan fingerprint density at radius 1 is 1.00 bits per heavy atom. The van der Waals surface area contributed by atoms with Crippen molar-refractivity contribution >= 4 is 11.6 Å². The molecule has 0 aliphatic heterocycles. The third-order valence-electron chi connectivity index (χ3n) is 2.77. The molecule has 0 aromatic carbocycles. The number of rotatable bonds is 10. The Bertz CT molecular complexity index is 162. The molecule has 0 aromatic heterocycles. The molecular formula is C13H24ClN. The molecule has 0 rings (SSSR count). The number of nitriles is 1. The maximum absolute atomic E-state index is 8.69. The first-order chi connectivity index (χ1) is 7.35. The lowest BCUT2D eigenvalue weighted by Crippen LogP contribution is -1.97. The monoisotopic (exact) mass is 229 g/mol. The first-order valence-electron chi connectivity index (χ1n) is 6.30. The van der Waals surface area contributed by atoms with Gasteiger partial charge in [0.25, 0.3) is 0 Å². The summed E-state index contributed by atoms with van der Waals surface area (Å²) in [6.45, 7) is 2.24. The minimum absolute atomic E-state index is 0.0757. The van der Waals surface area contributed by atoms with E-state index < -0.39 is 0 Å². The van der Waals surface area contributed by atoms with Crippen molar-refractivity contribution in [1.82, 2.24) is 0 Å². The van der Waals surface area contributed by atoms with Crippen LogP contribution in [0.25, 0.3) is 0 Å². The van der Waals surface area contributed by atoms with Gasteiger partial charge in [0, 0.05) is 5.88 Å². The Hall–Kier alpha value is -0.220. The van der Waals surface area contributed by atoms with Crippen molar-refractivity contribution in [3.63, 3.8) is 0 Å². The molecule has 0 aromatic rings. The van der Waals surface area contributed by atoms with Crippen molar-refractivity contribution in [2.45, 2.75) is 64.7 Å². The predicted octanol–water partition coefficient (Wildman–Crippen LogP) is 4.90. The van der Waals surface area contributed by atoms with Crippen LogP contribution in [0.15, 0.2) is 0 Å². The van der Waals surface area contributed by atoms with Gasteiger partial charge in [-0.05, 0) is 6.42 Å². The van der Waals surface area contributed by atoms with Crippen LogP contribution in [0.3, 0.4) is 0 Å². The first-order valence-corrected chi connectivity index (χ1v) is 6.84. The first kappa shape index (κ1) is 14.8. The van der Waals surface area contributed by atoms with Gasteiger partial charge < -0.3 is 0 Å². The summed E-state index contributed by atoms with van der Waals surface area (Å²) >= 11 is 5.64. The minimum atomic E-state index is 0.0757. The van der Waals surface area contributed by atoms with E-state index in [1.54, 1.807) is 0 Å². The van der Waals surface area contributed by atoms with Crippen LogP contribution in [-0.4, -0.2) is 5.88 Å². The molecule has 0 saturated carbocycles. The lowest BCUT2D eigenvalue weighted by atomic mass is 10.0. The summed E-state index contributed by atoms with van der Waals surface area (Å²) in [7, 11) is 0.